The number of hydrogen-bond acceptors (Lipinski definition) is 2. The van der Waals surface area contributed by atoms with E-state index in [0.717, 1.165) is 11.1 Å². The molecule has 1 heterocycles. The van der Waals surface area contributed by atoms with Gasteiger partial charge >= 0.3 is 0 Å². The SMILES string of the molecule is NC(=S)Cn1ccc(/C=C/c2ccc(Cl)cc2)cc1=O. The van der Waals surface area contributed by atoms with Crippen molar-refractivity contribution in [3.63, 3.8) is 0 Å². The minimum atomic E-state index is -0.129. The van der Waals surface area contributed by atoms with E-state index in [1.807, 2.05) is 42.5 Å². The van der Waals surface area contributed by atoms with E-state index in [0.29, 0.717) is 5.02 Å². The van der Waals surface area contributed by atoms with Crippen LogP contribution in [0.2, 0.25) is 5.02 Å². The molecule has 1 aromatic heterocycles. The van der Waals surface area contributed by atoms with Crippen LogP contribution in [-0.2, 0) is 6.54 Å². The third-order valence-corrected chi connectivity index (χ3v) is 3.07. The molecule has 3 nitrogen and oxygen atoms in total. The molecule has 0 fully saturated rings. The molecule has 1 aromatic carbocycles. The average molecular weight is 305 g/mol. The molecule has 0 aliphatic heterocycles. The van der Waals surface area contributed by atoms with Crippen molar-refractivity contribution in [1.29, 1.82) is 0 Å². The summed E-state index contributed by atoms with van der Waals surface area (Å²) in [5.74, 6) is 0. The fourth-order valence-electron chi connectivity index (χ4n) is 1.69. The van der Waals surface area contributed by atoms with Gasteiger partial charge in [-0.25, -0.2) is 0 Å². The van der Waals surface area contributed by atoms with Crippen molar-refractivity contribution in [2.75, 3.05) is 0 Å². The maximum Gasteiger partial charge on any atom is 0.251 e. The Morgan fingerprint density at radius 2 is 1.85 bits per heavy atom. The van der Waals surface area contributed by atoms with Crippen LogP contribution in [0.1, 0.15) is 11.1 Å². The highest BCUT2D eigenvalue weighted by Crippen LogP contribution is 2.12. The Morgan fingerprint density at radius 3 is 2.45 bits per heavy atom. The van der Waals surface area contributed by atoms with Crippen LogP contribution in [0.5, 0.6) is 0 Å². The summed E-state index contributed by atoms with van der Waals surface area (Å²) in [6, 6.07) is 10.8. The number of nitrogens with zero attached hydrogens (tertiary/aromatic N) is 1. The number of thiocarbonyl (C=S) groups is 1. The lowest BCUT2D eigenvalue weighted by atomic mass is 10.1. The van der Waals surface area contributed by atoms with E-state index in [1.54, 1.807) is 12.3 Å². The standard InChI is InChI=1S/C15H13ClN2OS/c16-13-5-3-11(4-6-13)1-2-12-7-8-18(10-14(17)20)15(19)9-12/h1-9H,10H2,(H2,17,20)/b2-1+. The minimum absolute atomic E-state index is 0.129. The van der Waals surface area contributed by atoms with Gasteiger partial charge in [0.1, 0.15) is 0 Å². The lowest BCUT2D eigenvalue weighted by molar-refractivity contribution is 0.807. The Balaban J connectivity index is 2.18. The molecule has 2 N–H and O–H groups in total. The summed E-state index contributed by atoms with van der Waals surface area (Å²) in [4.78, 5) is 12.1. The summed E-state index contributed by atoms with van der Waals surface area (Å²) >= 11 is 10.6. The summed E-state index contributed by atoms with van der Waals surface area (Å²) in [6.07, 6.45) is 5.47. The van der Waals surface area contributed by atoms with Crippen LogP contribution in [0.3, 0.4) is 0 Å². The second-order valence-corrected chi connectivity index (χ2v) is 5.24. The van der Waals surface area contributed by atoms with Crippen LogP contribution in [0, 0.1) is 0 Å². The highest BCUT2D eigenvalue weighted by Gasteiger charge is 1.98. The van der Waals surface area contributed by atoms with E-state index in [1.165, 1.54) is 4.57 Å². The number of nitrogens with two attached hydrogens (primary N) is 1. The predicted octanol–water partition coefficient (Wildman–Crippen LogP) is 2.96. The van der Waals surface area contributed by atoms with E-state index >= 15 is 0 Å². The van der Waals surface area contributed by atoms with E-state index in [-0.39, 0.29) is 17.1 Å². The summed E-state index contributed by atoms with van der Waals surface area (Å²) in [6.45, 7) is 0.259. The number of rotatable bonds is 4. The fraction of sp³-hybridized carbons (Fsp3) is 0.0667. The Labute approximate surface area is 127 Å². The lowest BCUT2D eigenvalue weighted by Crippen LogP contribution is -2.25. The van der Waals surface area contributed by atoms with Crippen molar-refractivity contribution in [2.24, 2.45) is 5.73 Å². The molecule has 0 atom stereocenters. The highest BCUT2D eigenvalue weighted by molar-refractivity contribution is 7.80. The van der Waals surface area contributed by atoms with E-state index in [2.05, 4.69) is 0 Å². The van der Waals surface area contributed by atoms with Gasteiger partial charge in [0.05, 0.1) is 11.5 Å². The zero-order valence-electron chi connectivity index (χ0n) is 10.6. The second-order valence-electron chi connectivity index (χ2n) is 4.28. The summed E-state index contributed by atoms with van der Waals surface area (Å²) < 4.78 is 1.47. The van der Waals surface area contributed by atoms with Crippen molar-refractivity contribution in [2.45, 2.75) is 6.54 Å². The predicted molar refractivity (Wildman–Crippen MR) is 87.9 cm³/mol. The lowest BCUT2D eigenvalue weighted by Gasteiger charge is -2.03. The molecule has 0 amide bonds. The van der Waals surface area contributed by atoms with Gasteiger partial charge in [-0.3, -0.25) is 4.79 Å². The Bertz CT molecular complexity index is 705. The van der Waals surface area contributed by atoms with Gasteiger partial charge in [0.25, 0.3) is 5.56 Å². The first-order valence-electron chi connectivity index (χ1n) is 5.97. The molecule has 0 unspecified atom stereocenters. The van der Waals surface area contributed by atoms with Gasteiger partial charge in [-0.2, -0.15) is 0 Å². The average Bonchev–Trinajstić information content (AvgIpc) is 2.40. The Kier molecular flexibility index (Phi) is 4.71. The highest BCUT2D eigenvalue weighted by atomic mass is 35.5. The van der Waals surface area contributed by atoms with Crippen LogP contribution < -0.4 is 11.3 Å². The molecule has 0 aliphatic rings. The quantitative estimate of drug-likeness (QED) is 0.884. The molecule has 0 bridgehead atoms. The van der Waals surface area contributed by atoms with Crippen molar-refractivity contribution < 1.29 is 0 Å². The number of benzene rings is 1. The van der Waals surface area contributed by atoms with Crippen molar-refractivity contribution in [3.05, 3.63) is 69.1 Å². The topological polar surface area (TPSA) is 48.0 Å². The Hall–Kier alpha value is -1.91. The molecule has 0 radical (unpaired) electrons. The van der Waals surface area contributed by atoms with Crippen LogP contribution in [0.25, 0.3) is 12.2 Å². The zero-order chi connectivity index (χ0) is 14.5. The van der Waals surface area contributed by atoms with Crippen LogP contribution in [0.4, 0.5) is 0 Å². The van der Waals surface area contributed by atoms with Gasteiger partial charge in [0.2, 0.25) is 0 Å². The van der Waals surface area contributed by atoms with Crippen molar-refractivity contribution >= 4 is 41.0 Å². The maximum atomic E-state index is 11.8. The first-order valence-corrected chi connectivity index (χ1v) is 6.76. The minimum Gasteiger partial charge on any atom is -0.392 e. The molecule has 0 aliphatic carbocycles. The van der Waals surface area contributed by atoms with Gasteiger partial charge in [-0.1, -0.05) is 48.1 Å². The zero-order valence-corrected chi connectivity index (χ0v) is 12.2. The fourth-order valence-corrected chi connectivity index (χ4v) is 1.96. The third kappa shape index (κ3) is 4.05. The largest absolute Gasteiger partial charge is 0.392 e. The molecule has 2 aromatic rings. The van der Waals surface area contributed by atoms with Crippen molar-refractivity contribution in [3.8, 4) is 0 Å². The normalized spacial score (nSPS) is 10.8. The second kappa shape index (κ2) is 6.50. The first-order chi connectivity index (χ1) is 9.54. The number of hydrogen-bond donors (Lipinski definition) is 1. The molecule has 2 rings (SSSR count). The monoisotopic (exact) mass is 304 g/mol. The number of aromatic nitrogens is 1. The molecule has 0 saturated carbocycles. The first kappa shape index (κ1) is 14.5. The molecule has 0 saturated heterocycles. The van der Waals surface area contributed by atoms with Gasteiger partial charge in [0.15, 0.2) is 0 Å². The molecular formula is C15H13ClN2OS. The summed E-state index contributed by atoms with van der Waals surface area (Å²) in [5, 5.41) is 0.697. The Morgan fingerprint density at radius 1 is 1.20 bits per heavy atom. The van der Waals surface area contributed by atoms with Crippen LogP contribution in [0.15, 0.2) is 47.4 Å². The molecule has 5 heteroatoms. The van der Waals surface area contributed by atoms with E-state index in [9.17, 15) is 4.79 Å². The molecule has 20 heavy (non-hydrogen) atoms. The smallest absolute Gasteiger partial charge is 0.251 e. The van der Waals surface area contributed by atoms with Gasteiger partial charge in [-0.15, -0.1) is 0 Å². The van der Waals surface area contributed by atoms with Crippen LogP contribution >= 0.6 is 23.8 Å². The van der Waals surface area contributed by atoms with E-state index in [4.69, 9.17) is 29.6 Å². The van der Waals surface area contributed by atoms with Gasteiger partial charge in [-0.05, 0) is 29.3 Å². The summed E-state index contributed by atoms with van der Waals surface area (Å²) in [7, 11) is 0. The molecule has 0 spiro atoms. The molecule has 102 valence electrons. The maximum absolute atomic E-state index is 11.8. The van der Waals surface area contributed by atoms with Crippen LogP contribution in [-0.4, -0.2) is 9.56 Å². The molecular weight excluding hydrogens is 292 g/mol. The van der Waals surface area contributed by atoms with Crippen molar-refractivity contribution in [1.82, 2.24) is 4.57 Å². The van der Waals surface area contributed by atoms with Gasteiger partial charge < -0.3 is 10.3 Å². The van der Waals surface area contributed by atoms with Gasteiger partial charge in [0, 0.05) is 17.3 Å². The van der Waals surface area contributed by atoms with E-state index < -0.39 is 0 Å². The third-order valence-electron chi connectivity index (χ3n) is 2.68. The number of pyridine rings is 1. The number of halogens is 1. The summed E-state index contributed by atoms with van der Waals surface area (Å²) in [5.41, 5.74) is 7.14.